The fraction of sp³-hybridized carbons (Fsp3) is 0.375. The number of nitrogens with one attached hydrogen (secondary N) is 1. The molecular formula is C8H12N2O5. The van der Waals surface area contributed by atoms with E-state index in [-0.39, 0.29) is 18.5 Å². The van der Waals surface area contributed by atoms with Crippen LogP contribution in [0.15, 0.2) is 12.3 Å². The molecule has 0 unspecified atom stereocenters. The van der Waals surface area contributed by atoms with Gasteiger partial charge in [0.2, 0.25) is 0 Å². The van der Waals surface area contributed by atoms with Crippen molar-refractivity contribution in [3.8, 4) is 0 Å². The number of amides is 1. The fourth-order valence-corrected chi connectivity index (χ4v) is 0.776. The quantitative estimate of drug-likeness (QED) is 0.417. The maximum Gasteiger partial charge on any atom is 0.326 e. The maximum absolute atomic E-state index is 11.0. The zero-order valence-electron chi connectivity index (χ0n) is 7.90. The zero-order valence-corrected chi connectivity index (χ0v) is 7.90. The first-order valence-corrected chi connectivity index (χ1v) is 4.04. The van der Waals surface area contributed by atoms with Gasteiger partial charge in [0, 0.05) is 6.42 Å². The average Bonchev–Trinajstić information content (AvgIpc) is 2.10. The van der Waals surface area contributed by atoms with Gasteiger partial charge in [-0.2, -0.15) is 0 Å². The molecule has 0 radical (unpaired) electrons. The summed E-state index contributed by atoms with van der Waals surface area (Å²) in [4.78, 5) is 31.7. The van der Waals surface area contributed by atoms with Gasteiger partial charge in [-0.3, -0.25) is 9.59 Å². The van der Waals surface area contributed by atoms with Gasteiger partial charge in [0.25, 0.3) is 5.91 Å². The molecule has 1 atom stereocenters. The van der Waals surface area contributed by atoms with Gasteiger partial charge < -0.3 is 21.3 Å². The van der Waals surface area contributed by atoms with E-state index in [2.05, 4.69) is 6.58 Å². The summed E-state index contributed by atoms with van der Waals surface area (Å²) in [5, 5.41) is 19.0. The number of carbonyl (C=O) groups excluding carboxylic acids is 1. The molecule has 0 aromatic heterocycles. The van der Waals surface area contributed by atoms with Crippen molar-refractivity contribution >= 4 is 17.8 Å². The normalized spacial score (nSPS) is 11.5. The first-order valence-electron chi connectivity index (χ1n) is 4.04. The second-order valence-electron chi connectivity index (χ2n) is 2.82. The number of rotatable bonds is 6. The smallest absolute Gasteiger partial charge is 0.326 e. The van der Waals surface area contributed by atoms with Gasteiger partial charge >= 0.3 is 11.9 Å². The van der Waals surface area contributed by atoms with Gasteiger partial charge in [-0.1, -0.05) is 6.58 Å². The second-order valence-corrected chi connectivity index (χ2v) is 2.82. The van der Waals surface area contributed by atoms with E-state index in [1.165, 1.54) is 0 Å². The van der Waals surface area contributed by atoms with Crippen molar-refractivity contribution in [2.45, 2.75) is 18.9 Å². The third-order valence-corrected chi connectivity index (χ3v) is 1.54. The molecule has 0 heterocycles. The summed E-state index contributed by atoms with van der Waals surface area (Å²) >= 11 is 0. The third-order valence-electron chi connectivity index (χ3n) is 1.54. The van der Waals surface area contributed by atoms with Crippen molar-refractivity contribution in [3.63, 3.8) is 0 Å². The molecule has 7 nitrogen and oxygen atoms in total. The molecule has 0 saturated heterocycles. The lowest BCUT2D eigenvalue weighted by atomic mass is 10.1. The lowest BCUT2D eigenvalue weighted by Crippen LogP contribution is -2.42. The molecule has 1 amide bonds. The highest BCUT2D eigenvalue weighted by Gasteiger charge is 2.21. The number of aliphatic carboxylic acids is 2. The minimum absolute atomic E-state index is 0.205. The third kappa shape index (κ3) is 5.29. The van der Waals surface area contributed by atoms with E-state index in [1.807, 2.05) is 5.32 Å². The van der Waals surface area contributed by atoms with Crippen LogP contribution in [-0.4, -0.2) is 34.1 Å². The van der Waals surface area contributed by atoms with E-state index in [9.17, 15) is 14.4 Å². The predicted molar refractivity (Wildman–Crippen MR) is 49.8 cm³/mol. The zero-order chi connectivity index (χ0) is 12.0. The van der Waals surface area contributed by atoms with Crippen molar-refractivity contribution in [2.75, 3.05) is 0 Å². The minimum atomic E-state index is -1.31. The first kappa shape index (κ1) is 12.9. The van der Waals surface area contributed by atoms with Crippen LogP contribution in [0.25, 0.3) is 0 Å². The van der Waals surface area contributed by atoms with Crippen LogP contribution in [-0.2, 0) is 14.4 Å². The van der Waals surface area contributed by atoms with E-state index in [1.54, 1.807) is 0 Å². The summed E-state index contributed by atoms with van der Waals surface area (Å²) in [6.45, 7) is 3.12. The largest absolute Gasteiger partial charge is 0.481 e. The Hall–Kier alpha value is -2.05. The Morgan fingerprint density at radius 1 is 1.33 bits per heavy atom. The number of hydrogen-bond acceptors (Lipinski definition) is 4. The Labute approximate surface area is 85.6 Å². The van der Waals surface area contributed by atoms with Crippen molar-refractivity contribution in [1.82, 2.24) is 5.32 Å². The highest BCUT2D eigenvalue weighted by molar-refractivity contribution is 5.94. The predicted octanol–water partition coefficient (Wildman–Crippen LogP) is -1.11. The van der Waals surface area contributed by atoms with E-state index in [0.717, 1.165) is 0 Å². The molecule has 15 heavy (non-hydrogen) atoms. The summed E-state index contributed by atoms with van der Waals surface area (Å²) < 4.78 is 0. The summed E-state index contributed by atoms with van der Waals surface area (Å²) in [6, 6.07) is -1.27. The van der Waals surface area contributed by atoms with Gasteiger partial charge in [-0.25, -0.2) is 4.79 Å². The van der Waals surface area contributed by atoms with E-state index < -0.39 is 23.9 Å². The van der Waals surface area contributed by atoms with Crippen molar-refractivity contribution in [3.05, 3.63) is 12.3 Å². The lowest BCUT2D eigenvalue weighted by molar-refractivity contribution is -0.142. The summed E-state index contributed by atoms with van der Waals surface area (Å²) in [7, 11) is 0. The van der Waals surface area contributed by atoms with Gasteiger partial charge in [-0.05, 0) is 6.42 Å². The first-order chi connectivity index (χ1) is 6.84. The molecule has 0 saturated carbocycles. The van der Waals surface area contributed by atoms with E-state index in [4.69, 9.17) is 15.9 Å². The highest BCUT2D eigenvalue weighted by Crippen LogP contribution is 1.98. The Morgan fingerprint density at radius 3 is 2.20 bits per heavy atom. The molecule has 0 fully saturated rings. The Kier molecular flexibility index (Phi) is 4.86. The summed E-state index contributed by atoms with van der Waals surface area (Å²) in [6.07, 6.45) is -0.558. The minimum Gasteiger partial charge on any atom is -0.481 e. The summed E-state index contributed by atoms with van der Waals surface area (Å²) in [5.74, 6) is -3.26. The highest BCUT2D eigenvalue weighted by atomic mass is 16.4. The van der Waals surface area contributed by atoms with E-state index >= 15 is 0 Å². The van der Waals surface area contributed by atoms with Crippen LogP contribution in [0.3, 0.4) is 0 Å². The van der Waals surface area contributed by atoms with E-state index in [0.29, 0.717) is 0 Å². The number of carbonyl (C=O) groups is 3. The van der Waals surface area contributed by atoms with Crippen molar-refractivity contribution in [1.29, 1.82) is 0 Å². The van der Waals surface area contributed by atoms with Crippen LogP contribution < -0.4 is 11.1 Å². The summed E-state index contributed by atoms with van der Waals surface area (Å²) in [5.41, 5.74) is 4.70. The lowest BCUT2D eigenvalue weighted by Gasteiger charge is -2.12. The van der Waals surface area contributed by atoms with Gasteiger partial charge in [0.1, 0.15) is 6.04 Å². The van der Waals surface area contributed by atoms with Crippen LogP contribution >= 0.6 is 0 Å². The molecule has 0 spiro atoms. The van der Waals surface area contributed by atoms with Gasteiger partial charge in [0.05, 0.1) is 5.70 Å². The average molecular weight is 216 g/mol. The standard InChI is InChI=1S/C8H12N2O5/c1-4(9)7(13)10-5(8(14)15)2-3-6(11)12/h5H,1-3,9H2,(H,10,13)(H,11,12)(H,14,15)/t5-/m0/s1. The molecule has 7 heteroatoms. The molecule has 0 bridgehead atoms. The molecule has 84 valence electrons. The Bertz CT molecular complexity index is 299. The SMILES string of the molecule is C=C(N)C(=O)N[C@@H](CCC(=O)O)C(=O)O. The van der Waals surface area contributed by atoms with Crippen molar-refractivity contribution < 1.29 is 24.6 Å². The molecule has 0 aromatic carbocycles. The molecule has 0 rings (SSSR count). The molecular weight excluding hydrogens is 204 g/mol. The number of carboxylic acids is 2. The fourth-order valence-electron chi connectivity index (χ4n) is 0.776. The number of carboxylic acid groups (broad SMARTS) is 2. The number of nitrogens with two attached hydrogens (primary N) is 1. The van der Waals surface area contributed by atoms with Crippen LogP contribution in [0.2, 0.25) is 0 Å². The van der Waals surface area contributed by atoms with Crippen LogP contribution in [0.5, 0.6) is 0 Å². The second kappa shape index (κ2) is 5.63. The van der Waals surface area contributed by atoms with Crippen LogP contribution in [0, 0.1) is 0 Å². The number of hydrogen-bond donors (Lipinski definition) is 4. The van der Waals surface area contributed by atoms with Gasteiger partial charge in [-0.15, -0.1) is 0 Å². The van der Waals surface area contributed by atoms with Crippen LogP contribution in [0.4, 0.5) is 0 Å². The topological polar surface area (TPSA) is 130 Å². The molecule has 5 N–H and O–H groups in total. The molecule has 0 aliphatic heterocycles. The molecule has 0 aliphatic carbocycles. The monoisotopic (exact) mass is 216 g/mol. The van der Waals surface area contributed by atoms with Crippen LogP contribution in [0.1, 0.15) is 12.8 Å². The molecule has 0 aromatic rings. The molecule has 0 aliphatic rings. The Morgan fingerprint density at radius 2 is 1.87 bits per heavy atom. The maximum atomic E-state index is 11.0. The van der Waals surface area contributed by atoms with Crippen molar-refractivity contribution in [2.24, 2.45) is 5.73 Å². The van der Waals surface area contributed by atoms with Gasteiger partial charge in [0.15, 0.2) is 0 Å². The Balaban J connectivity index is 4.28.